The highest BCUT2D eigenvalue weighted by Gasteiger charge is 2.35. The third kappa shape index (κ3) is 4.24. The van der Waals surface area contributed by atoms with Gasteiger partial charge >= 0.3 is 0 Å². The lowest BCUT2D eigenvalue weighted by molar-refractivity contribution is 0.0642. The predicted octanol–water partition coefficient (Wildman–Crippen LogP) is 4.38. The van der Waals surface area contributed by atoms with Gasteiger partial charge in [0.2, 0.25) is 0 Å². The Kier molecular flexibility index (Phi) is 6.47. The number of amides is 3. The van der Waals surface area contributed by atoms with E-state index in [0.29, 0.717) is 29.2 Å². The lowest BCUT2D eigenvalue weighted by atomic mass is 10.0. The van der Waals surface area contributed by atoms with Crippen molar-refractivity contribution in [3.05, 3.63) is 70.8 Å². The van der Waals surface area contributed by atoms with Crippen LogP contribution in [0.4, 0.5) is 0 Å². The first-order valence-electron chi connectivity index (χ1n) is 10.3. The van der Waals surface area contributed by atoms with E-state index in [4.69, 9.17) is 0 Å². The fourth-order valence-corrected chi connectivity index (χ4v) is 3.76. The third-order valence-electron chi connectivity index (χ3n) is 5.70. The molecule has 0 bridgehead atoms. The van der Waals surface area contributed by atoms with Gasteiger partial charge < -0.3 is 4.90 Å². The lowest BCUT2D eigenvalue weighted by Gasteiger charge is -2.26. The van der Waals surface area contributed by atoms with Crippen LogP contribution in [0.2, 0.25) is 0 Å². The Morgan fingerprint density at radius 2 is 1.55 bits per heavy atom. The Labute approximate surface area is 172 Å². The number of hydrogen-bond donors (Lipinski definition) is 0. The molecule has 0 aromatic heterocycles. The molecule has 2 aromatic rings. The third-order valence-corrected chi connectivity index (χ3v) is 5.70. The summed E-state index contributed by atoms with van der Waals surface area (Å²) in [5, 5.41) is 0. The summed E-state index contributed by atoms with van der Waals surface area (Å²) in [5.41, 5.74) is 2.23. The van der Waals surface area contributed by atoms with E-state index >= 15 is 0 Å². The zero-order valence-electron chi connectivity index (χ0n) is 17.4. The second-order valence-corrected chi connectivity index (χ2v) is 7.47. The van der Waals surface area contributed by atoms with E-state index in [0.717, 1.165) is 24.9 Å². The van der Waals surface area contributed by atoms with Crippen LogP contribution in [0, 0.1) is 5.92 Å². The van der Waals surface area contributed by atoms with Gasteiger partial charge in [0, 0.05) is 18.7 Å². The molecule has 3 rings (SSSR count). The highest BCUT2D eigenvalue weighted by molar-refractivity contribution is 6.21. The van der Waals surface area contributed by atoms with Crippen LogP contribution < -0.4 is 0 Å². The molecule has 0 saturated heterocycles. The Bertz CT molecular complexity index is 883. The van der Waals surface area contributed by atoms with E-state index in [1.165, 1.54) is 4.90 Å². The molecule has 2 aromatic carbocycles. The summed E-state index contributed by atoms with van der Waals surface area (Å²) in [7, 11) is 0. The van der Waals surface area contributed by atoms with E-state index in [1.807, 2.05) is 24.0 Å². The fraction of sp³-hybridized carbons (Fsp3) is 0.375. The highest BCUT2D eigenvalue weighted by atomic mass is 16.2. The predicted molar refractivity (Wildman–Crippen MR) is 113 cm³/mol. The molecule has 0 radical (unpaired) electrons. The maximum Gasteiger partial charge on any atom is 0.261 e. The lowest BCUT2D eigenvalue weighted by Crippen LogP contribution is -2.35. The first-order valence-corrected chi connectivity index (χ1v) is 10.3. The maximum atomic E-state index is 13.0. The monoisotopic (exact) mass is 392 g/mol. The SMILES string of the molecule is CCC(CC)CN(CC)C(=O)c1cccc(CN2C(=O)c3ccccc3C2=O)c1. The van der Waals surface area contributed by atoms with E-state index < -0.39 is 0 Å². The number of carbonyl (C=O) groups excluding carboxylic acids is 3. The molecule has 0 atom stereocenters. The summed E-state index contributed by atoms with van der Waals surface area (Å²) in [6.45, 7) is 7.84. The summed E-state index contributed by atoms with van der Waals surface area (Å²) in [6, 6.07) is 14.1. The van der Waals surface area contributed by atoms with Crippen LogP contribution in [0.3, 0.4) is 0 Å². The summed E-state index contributed by atoms with van der Waals surface area (Å²) in [5.74, 6) is -0.0958. The quantitative estimate of drug-likeness (QED) is 0.627. The number of rotatable bonds is 8. The molecule has 5 heteroatoms. The first kappa shape index (κ1) is 20.8. The molecular formula is C24H28N2O3. The van der Waals surface area contributed by atoms with Crippen LogP contribution in [-0.4, -0.2) is 40.6 Å². The van der Waals surface area contributed by atoms with Gasteiger partial charge in [0.05, 0.1) is 17.7 Å². The normalized spacial score (nSPS) is 13.2. The van der Waals surface area contributed by atoms with Crippen molar-refractivity contribution >= 4 is 17.7 Å². The standard InChI is InChI=1S/C24H28N2O3/c1-4-17(5-2)15-25(6-3)22(27)19-11-9-10-18(14-19)16-26-23(28)20-12-7-8-13-21(20)24(26)29/h7-14,17H,4-6,15-16H2,1-3H3. The van der Waals surface area contributed by atoms with Crippen LogP contribution in [0.25, 0.3) is 0 Å². The number of benzene rings is 2. The smallest absolute Gasteiger partial charge is 0.261 e. The van der Waals surface area contributed by atoms with Gasteiger partial charge in [0.15, 0.2) is 0 Å². The van der Waals surface area contributed by atoms with Crippen LogP contribution in [0.1, 0.15) is 70.3 Å². The van der Waals surface area contributed by atoms with Crippen LogP contribution in [0.15, 0.2) is 48.5 Å². The van der Waals surface area contributed by atoms with Crippen molar-refractivity contribution in [3.8, 4) is 0 Å². The molecule has 1 aliphatic rings. The summed E-state index contributed by atoms with van der Waals surface area (Å²) < 4.78 is 0. The molecule has 29 heavy (non-hydrogen) atoms. The van der Waals surface area contributed by atoms with Crippen LogP contribution >= 0.6 is 0 Å². The molecular weight excluding hydrogens is 364 g/mol. The van der Waals surface area contributed by atoms with Crippen molar-refractivity contribution in [2.24, 2.45) is 5.92 Å². The van der Waals surface area contributed by atoms with Crippen molar-refractivity contribution in [1.29, 1.82) is 0 Å². The van der Waals surface area contributed by atoms with Crippen LogP contribution in [-0.2, 0) is 6.54 Å². The molecule has 0 fully saturated rings. The van der Waals surface area contributed by atoms with Gasteiger partial charge in [-0.3, -0.25) is 19.3 Å². The molecule has 0 aliphatic carbocycles. The molecule has 0 unspecified atom stereocenters. The number of imide groups is 1. The zero-order valence-corrected chi connectivity index (χ0v) is 17.4. The Morgan fingerprint density at radius 3 is 2.10 bits per heavy atom. The molecule has 5 nitrogen and oxygen atoms in total. The summed E-state index contributed by atoms with van der Waals surface area (Å²) >= 11 is 0. The van der Waals surface area contributed by atoms with Crippen LogP contribution in [0.5, 0.6) is 0 Å². The van der Waals surface area contributed by atoms with E-state index in [9.17, 15) is 14.4 Å². The fourth-order valence-electron chi connectivity index (χ4n) is 3.76. The second kappa shape index (κ2) is 9.03. The van der Waals surface area contributed by atoms with Crippen molar-refractivity contribution in [2.45, 2.75) is 40.2 Å². The largest absolute Gasteiger partial charge is 0.339 e. The Balaban J connectivity index is 1.77. The molecule has 0 saturated carbocycles. The average Bonchev–Trinajstić information content (AvgIpc) is 2.99. The van der Waals surface area contributed by atoms with Crippen molar-refractivity contribution in [2.75, 3.05) is 13.1 Å². The molecule has 152 valence electrons. The maximum absolute atomic E-state index is 13.0. The minimum atomic E-state index is -0.286. The summed E-state index contributed by atoms with van der Waals surface area (Å²) in [6.07, 6.45) is 2.08. The number of hydrogen-bond acceptors (Lipinski definition) is 3. The number of nitrogens with zero attached hydrogens (tertiary/aromatic N) is 2. The number of fused-ring (bicyclic) bond motifs is 1. The minimum absolute atomic E-state index is 0.0105. The topological polar surface area (TPSA) is 57.7 Å². The van der Waals surface area contributed by atoms with Gasteiger partial charge in [-0.25, -0.2) is 0 Å². The van der Waals surface area contributed by atoms with E-state index in [1.54, 1.807) is 36.4 Å². The van der Waals surface area contributed by atoms with E-state index in [-0.39, 0.29) is 24.3 Å². The van der Waals surface area contributed by atoms with Crippen molar-refractivity contribution in [1.82, 2.24) is 9.80 Å². The van der Waals surface area contributed by atoms with Gasteiger partial charge in [-0.1, -0.05) is 51.0 Å². The number of carbonyl (C=O) groups is 3. The van der Waals surface area contributed by atoms with Gasteiger partial charge in [-0.2, -0.15) is 0 Å². The Hall–Kier alpha value is -2.95. The van der Waals surface area contributed by atoms with Gasteiger partial charge in [-0.05, 0) is 42.7 Å². The molecule has 0 N–H and O–H groups in total. The molecule has 3 amide bonds. The average molecular weight is 392 g/mol. The van der Waals surface area contributed by atoms with E-state index in [2.05, 4.69) is 13.8 Å². The first-order chi connectivity index (χ1) is 14.0. The van der Waals surface area contributed by atoms with Crippen molar-refractivity contribution in [3.63, 3.8) is 0 Å². The highest BCUT2D eigenvalue weighted by Crippen LogP contribution is 2.24. The molecule has 1 heterocycles. The van der Waals surface area contributed by atoms with Gasteiger partial charge in [0.25, 0.3) is 17.7 Å². The zero-order chi connectivity index (χ0) is 21.0. The van der Waals surface area contributed by atoms with Gasteiger partial charge in [0.1, 0.15) is 0 Å². The van der Waals surface area contributed by atoms with Crippen molar-refractivity contribution < 1.29 is 14.4 Å². The minimum Gasteiger partial charge on any atom is -0.339 e. The molecule has 0 spiro atoms. The Morgan fingerprint density at radius 1 is 0.931 bits per heavy atom. The molecule has 1 aliphatic heterocycles. The second-order valence-electron chi connectivity index (χ2n) is 7.47. The van der Waals surface area contributed by atoms with Gasteiger partial charge in [-0.15, -0.1) is 0 Å². The summed E-state index contributed by atoms with van der Waals surface area (Å²) in [4.78, 5) is 41.3.